The average molecular weight is 801 g/mol. The highest BCUT2D eigenvalue weighted by Crippen LogP contribution is 2.49. The van der Waals surface area contributed by atoms with E-state index in [-0.39, 0.29) is 28.4 Å². The number of fused-ring (bicyclic) bond motifs is 4. The largest absolute Gasteiger partial charge is 0.490 e. The molecule has 1 spiro atoms. The molecule has 3 aromatic rings. The number of carbonyl (C=O) groups is 1. The lowest BCUT2D eigenvalue weighted by atomic mass is 9.63. The summed E-state index contributed by atoms with van der Waals surface area (Å²) in [4.78, 5) is 30.3. The van der Waals surface area contributed by atoms with E-state index in [0.29, 0.717) is 24.5 Å². The predicted octanol–water partition coefficient (Wildman–Crippen LogP) is 6.18. The van der Waals surface area contributed by atoms with Crippen molar-refractivity contribution in [2.75, 3.05) is 64.4 Å². The van der Waals surface area contributed by atoms with E-state index in [1.54, 1.807) is 6.07 Å². The van der Waals surface area contributed by atoms with Crippen LogP contribution < -0.4 is 14.4 Å². The Bertz CT molecular complexity index is 2040. The van der Waals surface area contributed by atoms with Crippen LogP contribution in [0.4, 0.5) is 5.69 Å². The van der Waals surface area contributed by atoms with Crippen molar-refractivity contribution in [2.24, 2.45) is 17.8 Å². The summed E-state index contributed by atoms with van der Waals surface area (Å²) < 4.78 is 30.5. The quantitative estimate of drug-likeness (QED) is 0.240. The number of halogens is 1. The van der Waals surface area contributed by atoms with Crippen LogP contribution >= 0.6 is 11.6 Å². The number of piperazine rings is 1. The molecule has 1 saturated carbocycles. The minimum atomic E-state index is -2.97. The van der Waals surface area contributed by atoms with Crippen molar-refractivity contribution < 1.29 is 18.5 Å². The van der Waals surface area contributed by atoms with Gasteiger partial charge in [-0.1, -0.05) is 36.7 Å². The fourth-order valence-electron chi connectivity index (χ4n) is 9.97. The first-order valence-electron chi connectivity index (χ1n) is 20.4. The average Bonchev–Trinajstić information content (AvgIpc) is 3.33. The van der Waals surface area contributed by atoms with Gasteiger partial charge < -0.3 is 14.4 Å². The Kier molecular flexibility index (Phi) is 11.3. The monoisotopic (exact) mass is 800 g/mol. The van der Waals surface area contributed by atoms with Crippen LogP contribution in [0.3, 0.4) is 0 Å². The van der Waals surface area contributed by atoms with Gasteiger partial charge in [-0.15, -0.1) is 0 Å². The molecule has 7 atom stereocenters. The van der Waals surface area contributed by atoms with E-state index in [0.717, 1.165) is 107 Å². The normalized spacial score (nSPS) is 33.3. The number of anilines is 1. The molecule has 4 heterocycles. The van der Waals surface area contributed by atoms with Crippen molar-refractivity contribution in [3.63, 3.8) is 0 Å². The molecule has 3 aliphatic heterocycles. The Labute approximate surface area is 338 Å². The summed E-state index contributed by atoms with van der Waals surface area (Å²) in [7, 11) is -1.09. The summed E-state index contributed by atoms with van der Waals surface area (Å²) >= 11 is 6.53. The van der Waals surface area contributed by atoms with Gasteiger partial charge in [0, 0.05) is 86.6 Å². The zero-order chi connectivity index (χ0) is 39.1. The third kappa shape index (κ3) is 7.86. The van der Waals surface area contributed by atoms with Gasteiger partial charge in [0.1, 0.15) is 17.2 Å². The van der Waals surface area contributed by atoms with Crippen molar-refractivity contribution in [2.45, 2.75) is 75.2 Å². The summed E-state index contributed by atoms with van der Waals surface area (Å²) in [5, 5.41) is 0.414. The van der Waals surface area contributed by atoms with E-state index < -0.39 is 15.3 Å². The third-order valence-corrected chi connectivity index (χ3v) is 16.1. The maximum absolute atomic E-state index is 14.1. The summed E-state index contributed by atoms with van der Waals surface area (Å²) in [6.45, 7) is 11.4. The van der Waals surface area contributed by atoms with Crippen LogP contribution in [0, 0.1) is 17.8 Å². The topological polar surface area (TPSA) is 100 Å². The Morgan fingerprint density at radius 2 is 1.86 bits per heavy atom. The molecule has 2 bridgehead atoms. The van der Waals surface area contributed by atoms with Crippen molar-refractivity contribution in [3.8, 4) is 5.75 Å². The van der Waals surface area contributed by atoms with Gasteiger partial charge in [-0.3, -0.25) is 19.3 Å². The first-order valence-corrected chi connectivity index (χ1v) is 22.6. The number of methoxy groups -OCH3 is 1. The number of amides is 1. The molecule has 2 fully saturated rings. The molecule has 1 unspecified atom stereocenters. The van der Waals surface area contributed by atoms with Crippen LogP contribution in [0.2, 0.25) is 5.02 Å². The van der Waals surface area contributed by atoms with Gasteiger partial charge in [0.15, 0.2) is 0 Å². The van der Waals surface area contributed by atoms with Crippen LogP contribution in [0.5, 0.6) is 5.75 Å². The zero-order valence-corrected chi connectivity index (χ0v) is 34.7. The Hall–Kier alpha value is -3.48. The maximum Gasteiger partial charge on any atom is 0.262 e. The Morgan fingerprint density at radius 3 is 2.61 bits per heavy atom. The van der Waals surface area contributed by atoms with Gasteiger partial charge in [0.25, 0.3) is 5.91 Å². The van der Waals surface area contributed by atoms with E-state index in [4.69, 9.17) is 21.1 Å². The molecule has 5 aliphatic rings. The van der Waals surface area contributed by atoms with Gasteiger partial charge in [0.05, 0.1) is 28.5 Å². The number of nitrogens with one attached hydrogen (secondary N) is 1. The second-order valence-electron chi connectivity index (χ2n) is 17.1. The highest BCUT2D eigenvalue weighted by molar-refractivity contribution is 7.99. The van der Waals surface area contributed by atoms with Gasteiger partial charge in [-0.2, -0.15) is 0 Å². The molecule has 1 amide bonds. The molecule has 56 heavy (non-hydrogen) atoms. The molecule has 1 saturated heterocycles. The van der Waals surface area contributed by atoms with E-state index in [1.165, 1.54) is 11.1 Å². The third-order valence-electron chi connectivity index (χ3n) is 13.7. The first-order chi connectivity index (χ1) is 27.0. The summed E-state index contributed by atoms with van der Waals surface area (Å²) in [5.74, 6) is 5.99. The molecule has 12 heteroatoms. The highest BCUT2D eigenvalue weighted by Gasteiger charge is 2.50. The van der Waals surface area contributed by atoms with E-state index >= 15 is 0 Å². The molecule has 2 aliphatic carbocycles. The lowest BCUT2D eigenvalue weighted by molar-refractivity contribution is -0.0957. The highest BCUT2D eigenvalue weighted by atomic mass is 35.5. The van der Waals surface area contributed by atoms with E-state index in [1.807, 2.05) is 50.7 Å². The lowest BCUT2D eigenvalue weighted by Gasteiger charge is -2.52. The molecule has 1 aromatic heterocycles. The fourth-order valence-corrected chi connectivity index (χ4v) is 11.6. The number of hydrogen-bond acceptors (Lipinski definition) is 9. The number of hydrogen-bond donors (Lipinski definition) is 1. The summed E-state index contributed by atoms with van der Waals surface area (Å²) in [6.07, 6.45) is 14.1. The standard InChI is InChI=1S/C44H57ClN6O4S/c1-31-8-5-17-44(54-3,29-50-22-20-49(21-23-50)27-41-46-18-7-19-47-41)38-13-10-35(38)26-51-28-43(16-6-9-33-24-36(45)12-14-37(33)43)30-55-40-15-11-34(25-39(40)51)42(52)48-56(4,53)32(31)2/h5,7,11-12,14-15,17-19,24-25,31-32,35,38H,4,6,8-10,13,16,20-23,26-30H2,1-3H3,(H,48,52,53)/b17-5+/t31-,32+,35-,38+,43-,44+,56?/m0/s1. The van der Waals surface area contributed by atoms with Crippen molar-refractivity contribution in [1.29, 1.82) is 0 Å². The predicted molar refractivity (Wildman–Crippen MR) is 225 cm³/mol. The molecule has 300 valence electrons. The number of benzene rings is 2. The zero-order valence-electron chi connectivity index (χ0n) is 33.1. The minimum Gasteiger partial charge on any atom is -0.490 e. The van der Waals surface area contributed by atoms with Crippen molar-refractivity contribution in [3.05, 3.63) is 94.5 Å². The maximum atomic E-state index is 14.1. The number of rotatable bonds is 5. The minimum absolute atomic E-state index is 0.0142. The van der Waals surface area contributed by atoms with Crippen LogP contribution in [0.15, 0.2) is 67.0 Å². The number of aromatic nitrogens is 2. The van der Waals surface area contributed by atoms with E-state index in [9.17, 15) is 9.00 Å². The van der Waals surface area contributed by atoms with Crippen LogP contribution in [0.25, 0.3) is 0 Å². The van der Waals surface area contributed by atoms with E-state index in [2.05, 4.69) is 66.5 Å². The Balaban J connectivity index is 1.14. The second-order valence-corrected chi connectivity index (χ2v) is 19.9. The lowest BCUT2D eigenvalue weighted by Crippen LogP contribution is -2.59. The molecule has 1 N–H and O–H groups in total. The van der Waals surface area contributed by atoms with Crippen molar-refractivity contribution in [1.82, 2.24) is 24.5 Å². The first kappa shape index (κ1) is 39.4. The Morgan fingerprint density at radius 1 is 1.07 bits per heavy atom. The van der Waals surface area contributed by atoms with Crippen LogP contribution in [-0.4, -0.2) is 106 Å². The number of allylic oxidation sites excluding steroid dienone is 1. The number of aryl methyl sites for hydroxylation is 1. The van der Waals surface area contributed by atoms with Gasteiger partial charge >= 0.3 is 0 Å². The number of carbonyl (C=O) groups excluding carboxylic acids is 1. The summed E-state index contributed by atoms with van der Waals surface area (Å²) in [6, 6.07) is 13.9. The SMILES string of the molecule is C=S1(=O)NC(=O)c2ccc3c(c2)N(C[C@@H]2CC[C@H]2[C@@](CN2CCN(Cc4ncccn4)CC2)(OC)/C=C/C[C@H](C)[C@H]1C)C[C@@]1(CCCc2cc(Cl)ccc21)CO3. The molecular weight excluding hydrogens is 744 g/mol. The number of ether oxygens (including phenoxy) is 2. The number of nitrogens with zero attached hydrogens (tertiary/aromatic N) is 5. The molecule has 8 rings (SSSR count). The van der Waals surface area contributed by atoms with Crippen LogP contribution in [0.1, 0.15) is 73.3 Å². The smallest absolute Gasteiger partial charge is 0.262 e. The van der Waals surface area contributed by atoms with Crippen LogP contribution in [-0.2, 0) is 32.8 Å². The molecule has 2 aromatic carbocycles. The fraction of sp³-hybridized carbons (Fsp3) is 0.545. The van der Waals surface area contributed by atoms with Gasteiger partial charge in [-0.05, 0) is 117 Å². The van der Waals surface area contributed by atoms with Crippen molar-refractivity contribution >= 4 is 38.8 Å². The van der Waals surface area contributed by atoms with Gasteiger partial charge in [0.2, 0.25) is 0 Å². The second kappa shape index (κ2) is 16.0. The summed E-state index contributed by atoms with van der Waals surface area (Å²) in [5.41, 5.74) is 3.22. The van der Waals surface area contributed by atoms with Gasteiger partial charge in [-0.25, -0.2) is 14.2 Å². The molecule has 0 radical (unpaired) electrons. The molecule has 10 nitrogen and oxygen atoms in total. The molecular formula is C44H57ClN6O4S.